The summed E-state index contributed by atoms with van der Waals surface area (Å²) in [5.41, 5.74) is 7.81. The van der Waals surface area contributed by atoms with Crippen molar-refractivity contribution in [3.8, 4) is 92.0 Å². The molecule has 0 aliphatic heterocycles. The van der Waals surface area contributed by atoms with Gasteiger partial charge >= 0.3 is 193 Å². The van der Waals surface area contributed by atoms with Gasteiger partial charge in [-0.25, -0.2) is 0 Å². The average Bonchev–Trinajstić information content (AvgIpc) is 0.850. The van der Waals surface area contributed by atoms with Gasteiger partial charge in [0.25, 0.3) is 0 Å². The fourth-order valence-corrected chi connectivity index (χ4v) is 10.2. The Labute approximate surface area is 1010 Å². The Kier molecular flexibility index (Phi) is 96.0. The van der Waals surface area contributed by atoms with Crippen molar-refractivity contribution in [2.24, 2.45) is 39.9 Å². The van der Waals surface area contributed by atoms with Crippen LogP contribution in [-0.4, -0.2) is 118 Å². The molecule has 0 heterocycles. The van der Waals surface area contributed by atoms with Crippen LogP contribution < -0.4 is 249 Å². The number of methoxy groups -OCH3 is 8. The van der Waals surface area contributed by atoms with Crippen molar-refractivity contribution in [1.29, 1.82) is 0 Å². The summed E-state index contributed by atoms with van der Waals surface area (Å²) < 4.78 is 40.3. The van der Waals surface area contributed by atoms with Gasteiger partial charge in [0.05, 0.1) is 102 Å². The molecular formula is C88H76Br10Dy2N8O18Zn6. The van der Waals surface area contributed by atoms with E-state index in [9.17, 15) is 40.9 Å². The number of hydrogen-bond acceptors (Lipinski definition) is 24. The number of nitrogens with zero attached hydrogens (tertiary/aromatic N) is 8. The minimum absolute atomic E-state index is 0. The second-order valence-corrected chi connectivity index (χ2v) is 23.0. The first-order valence-electron chi connectivity index (χ1n) is 34.0. The molecule has 12 aromatic carbocycles. The van der Waals surface area contributed by atoms with Gasteiger partial charge in [-0.15, -0.1) is 0 Å². The van der Waals surface area contributed by atoms with Crippen LogP contribution in [0.15, 0.2) is 283 Å². The normalized spacial score (nSPS) is 9.52. The molecule has 0 amide bonds. The molecule has 0 unspecified atom stereocenters. The Morgan fingerprint density at radius 1 is 0.167 bits per heavy atom. The van der Waals surface area contributed by atoms with Gasteiger partial charge in [-0.3, -0.25) is 39.9 Å². The van der Waals surface area contributed by atoms with E-state index in [1.165, 1.54) is 107 Å². The number of aliphatic imine (C=N–C) groups is 8. The summed E-state index contributed by atoms with van der Waals surface area (Å²) in [6.07, 6.45) is 11.8. The van der Waals surface area contributed by atoms with Crippen molar-refractivity contribution in [2.75, 3.05) is 56.9 Å². The topological polar surface area (TPSA) is 420 Å². The molecule has 12 rings (SSSR count). The zero-order chi connectivity index (χ0) is 79.7. The van der Waals surface area contributed by atoms with Crippen LogP contribution in [-0.2, 0) is 117 Å². The van der Waals surface area contributed by atoms with Gasteiger partial charge in [0, 0.05) is 49.7 Å². The summed E-state index contributed by atoms with van der Waals surface area (Å²) in [5.74, 6) is 0.210. The number of rotatable bonds is 24. The van der Waals surface area contributed by atoms with Crippen LogP contribution in [0.25, 0.3) is 0 Å². The molecule has 132 heavy (non-hydrogen) atoms. The Morgan fingerprint density at radius 3 is 0.341 bits per heavy atom. The molecule has 0 fully saturated rings. The molecule has 44 heteroatoms. The van der Waals surface area contributed by atoms with Crippen molar-refractivity contribution in [3.63, 3.8) is 0 Å². The standard InChI is InChI=1S/4C22H20N2O4.10BrH.2Dy.2H2O.6Zn/c4*1-27-19-11-5-7-15(21(19)25)13-23-17-9-3-4-10-18(17)24-14-16-8-6-12-20(28-2)22(16)26;;;;;;;;;;;;;;;;;;;;/h4*3-14,25-26H,1-2H3;10*1H;;;2*1H2;;;;;;/q;;;;;;;;;;;;;;2*+3;;;6*+2/p-18. The number of ether oxygens (including phenoxy) is 8. The third-order valence-corrected chi connectivity index (χ3v) is 16.1. The zero-order valence-corrected chi connectivity index (χ0v) is 109. The van der Waals surface area contributed by atoms with Gasteiger partial charge < -0.3 is 260 Å². The minimum atomic E-state index is -0.234. The van der Waals surface area contributed by atoms with E-state index >= 15 is 0 Å². The summed E-state index contributed by atoms with van der Waals surface area (Å²) in [5, 5.41) is 97.8. The zero-order valence-electron chi connectivity index (χ0n) is 71.5. The van der Waals surface area contributed by atoms with E-state index in [2.05, 4.69) is 39.9 Å². The smallest absolute Gasteiger partial charge is 1.00 e. The second-order valence-electron chi connectivity index (χ2n) is 23.0. The molecule has 0 bridgehead atoms. The van der Waals surface area contributed by atoms with Crippen LogP contribution in [0.2, 0.25) is 0 Å². The van der Waals surface area contributed by atoms with E-state index in [1.807, 2.05) is 48.5 Å². The van der Waals surface area contributed by atoms with Gasteiger partial charge in [0.2, 0.25) is 0 Å². The molecule has 0 aliphatic carbocycles. The van der Waals surface area contributed by atoms with E-state index in [1.54, 1.807) is 194 Å². The molecule has 0 saturated carbocycles. The van der Waals surface area contributed by atoms with Crippen molar-refractivity contribution in [3.05, 3.63) is 287 Å². The summed E-state index contributed by atoms with van der Waals surface area (Å²) >= 11 is 0. The van der Waals surface area contributed by atoms with Gasteiger partial charge in [-0.05, 0) is 142 Å². The van der Waals surface area contributed by atoms with Crippen LogP contribution in [0.3, 0.4) is 0 Å². The molecule has 0 spiro atoms. The maximum absolute atomic E-state index is 12.2. The third kappa shape index (κ3) is 45.4. The Bertz CT molecular complexity index is 4560. The number of halogens is 10. The quantitative estimate of drug-likeness (QED) is 0.0400. The summed E-state index contributed by atoms with van der Waals surface area (Å²) in [7, 11) is 11.6. The van der Waals surface area contributed by atoms with Gasteiger partial charge in [0.15, 0.2) is 0 Å². The molecule has 0 aromatic heterocycles. The van der Waals surface area contributed by atoms with Crippen LogP contribution >= 0.6 is 0 Å². The van der Waals surface area contributed by atoms with E-state index < -0.39 is 0 Å². The maximum Gasteiger partial charge on any atom is 3.00 e. The van der Waals surface area contributed by atoms with E-state index in [4.69, 9.17) is 37.9 Å². The van der Waals surface area contributed by atoms with Crippen molar-refractivity contribution in [2.45, 2.75) is 0 Å². The van der Waals surface area contributed by atoms with Crippen molar-refractivity contribution in [1.82, 2.24) is 0 Å². The van der Waals surface area contributed by atoms with Gasteiger partial charge in [0.1, 0.15) is 46.0 Å². The largest absolute Gasteiger partial charge is 3.00 e. The number of hydrogen-bond donors (Lipinski definition) is 0. The Morgan fingerprint density at radius 2 is 0.258 bits per heavy atom. The summed E-state index contributed by atoms with van der Waals surface area (Å²) in [6.45, 7) is 0. The molecule has 12 aromatic rings. The maximum atomic E-state index is 12.2. The predicted octanol–water partition coefficient (Wildman–Crippen LogP) is -18.2. The van der Waals surface area contributed by atoms with E-state index in [0.717, 1.165) is 0 Å². The third-order valence-electron chi connectivity index (χ3n) is 16.1. The van der Waals surface area contributed by atoms with Crippen LogP contribution in [0, 0.1) is 76.3 Å². The predicted molar refractivity (Wildman–Crippen MR) is 431 cm³/mol. The first-order chi connectivity index (χ1) is 54.5. The SMILES string of the molecule is COc1cccc(C=Nc2ccccc2N=Cc2cccc(OC)c2[O-])c1[O-].COc1cccc(C=Nc2ccccc2N=Cc2cccc(OC)c2[O-])c1[O-].COc1cccc(C=Nc2ccccc2N=Cc2cccc(OC)c2[O-])c1[O-].COc1cccc(C=Nc2ccccc2N=Cc2cccc(OC)c2[O-])c1[O-].O.O.[Br-].[Br-].[Br-].[Br-].[Br-].[Br-].[Br-].[Br-].[Br-].[Br-].[Dy+3].[Dy+3].[Zn+2].[Zn+2].[Zn+2].[Zn+2].[Zn+2].[Zn+2]. The summed E-state index contributed by atoms with van der Waals surface area (Å²) in [4.78, 5) is 35.1. The molecule has 2 radical (unpaired) electrons. The first-order valence-corrected chi connectivity index (χ1v) is 34.0. The molecule has 0 aliphatic rings. The molecule has 26 nitrogen and oxygen atoms in total. The average molecular weight is 3050 g/mol. The molecule has 4 N–H and O–H groups in total. The van der Waals surface area contributed by atoms with Crippen molar-refractivity contribution < 1.29 is 453 Å². The Hall–Kier alpha value is -4.19. The first kappa shape index (κ1) is 153. The second kappa shape index (κ2) is 82.7. The van der Waals surface area contributed by atoms with Crippen LogP contribution in [0.1, 0.15) is 44.5 Å². The monoisotopic (exact) mass is 3030 g/mol. The fraction of sp³-hybridized carbons (Fsp3) is 0.0909. The van der Waals surface area contributed by atoms with Crippen LogP contribution in [0.5, 0.6) is 92.0 Å². The number of para-hydroxylation sites is 16. The van der Waals surface area contributed by atoms with Gasteiger partial charge in [-0.2, -0.15) is 0 Å². The van der Waals surface area contributed by atoms with Crippen LogP contribution in [0.4, 0.5) is 45.5 Å². The molecule has 678 valence electrons. The van der Waals surface area contributed by atoms with Crippen molar-refractivity contribution >= 4 is 95.2 Å². The molecule has 0 atom stereocenters. The fourth-order valence-electron chi connectivity index (χ4n) is 10.2. The van der Waals surface area contributed by atoms with Gasteiger partial charge in [-0.1, -0.05) is 192 Å². The number of benzene rings is 12. The summed E-state index contributed by atoms with van der Waals surface area (Å²) in [6, 6.07) is 68.7. The minimum Gasteiger partial charge on any atom is -1.00 e. The molecular weight excluding hydrogens is 2970 g/mol. The molecule has 0 saturated heterocycles. The van der Waals surface area contributed by atoms with E-state index in [0.29, 0.717) is 90.0 Å². The Balaban J connectivity index is -0.000000138. The van der Waals surface area contributed by atoms with E-state index in [-0.39, 0.29) is 466 Å².